The Bertz CT molecular complexity index is 310. The van der Waals surface area contributed by atoms with Crippen LogP contribution in [0.15, 0.2) is 23.5 Å². The summed E-state index contributed by atoms with van der Waals surface area (Å²) in [6, 6.07) is 0. The van der Waals surface area contributed by atoms with Gasteiger partial charge in [0.15, 0.2) is 0 Å². The average molecular weight is 224 g/mol. The first kappa shape index (κ1) is 11.7. The van der Waals surface area contributed by atoms with Gasteiger partial charge in [0, 0.05) is 12.8 Å². The second-order valence-electron chi connectivity index (χ2n) is 5.15. The monoisotopic (exact) mass is 224 g/mol. The predicted molar refractivity (Wildman–Crippen MR) is 62.0 cm³/mol. The first-order chi connectivity index (χ1) is 7.54. The van der Waals surface area contributed by atoms with Crippen molar-refractivity contribution >= 4 is 0 Å². The molecule has 0 bridgehead atoms. The predicted octanol–water partition coefficient (Wildman–Crippen LogP) is 2.17. The van der Waals surface area contributed by atoms with Gasteiger partial charge in [-0.15, -0.1) is 0 Å². The van der Waals surface area contributed by atoms with E-state index in [0.29, 0.717) is 13.2 Å². The molecule has 0 saturated carbocycles. The summed E-state index contributed by atoms with van der Waals surface area (Å²) in [5, 5.41) is 9.59. The Hall–Kier alpha value is -0.800. The lowest BCUT2D eigenvalue weighted by atomic mass is 9.97. The minimum absolute atomic E-state index is 0.0768. The van der Waals surface area contributed by atoms with E-state index in [1.165, 1.54) is 5.57 Å². The van der Waals surface area contributed by atoms with Crippen molar-refractivity contribution in [3.05, 3.63) is 23.5 Å². The number of hydrogen-bond acceptors (Lipinski definition) is 3. The summed E-state index contributed by atoms with van der Waals surface area (Å²) in [4.78, 5) is 0. The maximum absolute atomic E-state index is 9.59. The van der Waals surface area contributed by atoms with Crippen LogP contribution in [0.25, 0.3) is 0 Å². The van der Waals surface area contributed by atoms with Gasteiger partial charge in [-0.25, -0.2) is 0 Å². The molecule has 1 N–H and O–H groups in total. The zero-order valence-electron chi connectivity index (χ0n) is 10.0. The van der Waals surface area contributed by atoms with Crippen LogP contribution in [0.5, 0.6) is 0 Å². The molecule has 16 heavy (non-hydrogen) atoms. The molecule has 0 aromatic heterocycles. The van der Waals surface area contributed by atoms with Gasteiger partial charge >= 0.3 is 0 Å². The molecule has 90 valence electrons. The minimum atomic E-state index is -0.767. The van der Waals surface area contributed by atoms with Gasteiger partial charge in [0.05, 0.1) is 24.1 Å². The van der Waals surface area contributed by atoms with Crippen molar-refractivity contribution in [3.63, 3.8) is 0 Å². The molecule has 3 nitrogen and oxygen atoms in total. The summed E-state index contributed by atoms with van der Waals surface area (Å²) in [5.74, 6) is 1.13. The molecule has 1 aliphatic carbocycles. The number of aliphatic hydroxyl groups is 1. The van der Waals surface area contributed by atoms with Gasteiger partial charge in [-0.05, 0) is 25.8 Å². The zero-order chi connectivity index (χ0) is 11.6. The number of ether oxygens (including phenoxy) is 2. The highest BCUT2D eigenvalue weighted by atomic mass is 16.5. The molecular formula is C13H20O3. The maximum atomic E-state index is 9.59. The van der Waals surface area contributed by atoms with Crippen molar-refractivity contribution < 1.29 is 14.6 Å². The molecule has 1 aliphatic heterocycles. The van der Waals surface area contributed by atoms with E-state index in [4.69, 9.17) is 9.47 Å². The molecule has 0 radical (unpaired) electrons. The first-order valence-corrected chi connectivity index (χ1v) is 5.90. The molecule has 1 heterocycles. The molecule has 0 fully saturated rings. The molecule has 2 aliphatic rings. The van der Waals surface area contributed by atoms with E-state index in [-0.39, 0.29) is 6.10 Å². The van der Waals surface area contributed by atoms with Crippen molar-refractivity contribution in [1.29, 1.82) is 0 Å². The highest BCUT2D eigenvalue weighted by molar-refractivity contribution is 5.28. The summed E-state index contributed by atoms with van der Waals surface area (Å²) >= 11 is 0. The molecule has 0 spiro atoms. The van der Waals surface area contributed by atoms with Crippen molar-refractivity contribution in [2.24, 2.45) is 0 Å². The first-order valence-electron chi connectivity index (χ1n) is 5.90. The Morgan fingerprint density at radius 2 is 2.38 bits per heavy atom. The molecule has 0 amide bonds. The van der Waals surface area contributed by atoms with Gasteiger partial charge in [0.25, 0.3) is 0 Å². The lowest BCUT2D eigenvalue weighted by Crippen LogP contribution is -2.33. The Morgan fingerprint density at radius 1 is 1.56 bits per heavy atom. The summed E-state index contributed by atoms with van der Waals surface area (Å²) < 4.78 is 11.3. The summed E-state index contributed by atoms with van der Waals surface area (Å²) in [6.45, 7) is 4.47. The second-order valence-corrected chi connectivity index (χ2v) is 5.15. The van der Waals surface area contributed by atoms with Crippen LogP contribution in [0.2, 0.25) is 0 Å². The maximum Gasteiger partial charge on any atom is 0.114 e. The largest absolute Gasteiger partial charge is 0.495 e. The molecule has 1 atom stereocenters. The summed E-state index contributed by atoms with van der Waals surface area (Å²) in [7, 11) is 0. The van der Waals surface area contributed by atoms with Gasteiger partial charge in [-0.1, -0.05) is 12.2 Å². The molecule has 0 aromatic rings. The van der Waals surface area contributed by atoms with Crippen molar-refractivity contribution in [3.8, 4) is 0 Å². The number of rotatable bonds is 3. The van der Waals surface area contributed by atoms with Gasteiger partial charge in [-0.2, -0.15) is 0 Å². The van der Waals surface area contributed by atoms with Crippen molar-refractivity contribution in [2.75, 3.05) is 13.2 Å². The van der Waals surface area contributed by atoms with Crippen LogP contribution < -0.4 is 0 Å². The third-order valence-corrected chi connectivity index (χ3v) is 2.78. The topological polar surface area (TPSA) is 38.7 Å². The highest BCUT2D eigenvalue weighted by Crippen LogP contribution is 2.29. The van der Waals surface area contributed by atoms with E-state index in [2.05, 4.69) is 12.2 Å². The quantitative estimate of drug-likeness (QED) is 0.798. The van der Waals surface area contributed by atoms with Crippen LogP contribution in [0.1, 0.15) is 33.1 Å². The zero-order valence-corrected chi connectivity index (χ0v) is 10.0. The van der Waals surface area contributed by atoms with Gasteiger partial charge < -0.3 is 14.6 Å². The number of hydrogen-bond donors (Lipinski definition) is 1. The van der Waals surface area contributed by atoms with Crippen LogP contribution in [0.3, 0.4) is 0 Å². The smallest absolute Gasteiger partial charge is 0.114 e. The standard InChI is InChI=1S/C13H20O3/c1-13(2,14)9-16-11-7-10-5-3-4-6-12(10)15-8-11/h3,5,11,14H,4,6-9H2,1-2H3. The lowest BCUT2D eigenvalue weighted by Gasteiger charge is -2.30. The van der Waals surface area contributed by atoms with Gasteiger partial charge in [0.1, 0.15) is 6.61 Å². The Balaban J connectivity index is 1.88. The fraction of sp³-hybridized carbons (Fsp3) is 0.692. The second kappa shape index (κ2) is 4.60. The molecule has 2 rings (SSSR count). The van der Waals surface area contributed by atoms with Crippen molar-refractivity contribution in [2.45, 2.75) is 44.8 Å². The van der Waals surface area contributed by atoms with Gasteiger partial charge in [0.2, 0.25) is 0 Å². The number of allylic oxidation sites excluding steroid dienone is 3. The van der Waals surface area contributed by atoms with Crippen LogP contribution >= 0.6 is 0 Å². The third kappa shape index (κ3) is 3.09. The third-order valence-electron chi connectivity index (χ3n) is 2.78. The lowest BCUT2D eigenvalue weighted by molar-refractivity contribution is -0.0762. The van der Waals surface area contributed by atoms with Crippen LogP contribution in [0, 0.1) is 0 Å². The fourth-order valence-electron chi connectivity index (χ4n) is 1.97. The molecule has 3 heteroatoms. The van der Waals surface area contributed by atoms with E-state index in [0.717, 1.165) is 25.0 Å². The molecule has 0 saturated heterocycles. The molecular weight excluding hydrogens is 204 g/mol. The van der Waals surface area contributed by atoms with Crippen LogP contribution in [0.4, 0.5) is 0 Å². The van der Waals surface area contributed by atoms with Gasteiger partial charge in [-0.3, -0.25) is 0 Å². The van der Waals surface area contributed by atoms with E-state index < -0.39 is 5.60 Å². The van der Waals surface area contributed by atoms with Crippen LogP contribution in [-0.4, -0.2) is 30.0 Å². The Morgan fingerprint density at radius 3 is 3.12 bits per heavy atom. The van der Waals surface area contributed by atoms with E-state index in [1.807, 2.05) is 0 Å². The Labute approximate surface area is 96.7 Å². The fourth-order valence-corrected chi connectivity index (χ4v) is 1.97. The van der Waals surface area contributed by atoms with E-state index in [9.17, 15) is 5.11 Å². The summed E-state index contributed by atoms with van der Waals surface area (Å²) in [6.07, 6.45) is 7.40. The Kier molecular flexibility index (Phi) is 3.36. The van der Waals surface area contributed by atoms with E-state index in [1.54, 1.807) is 13.8 Å². The molecule has 0 aromatic carbocycles. The average Bonchev–Trinajstić information content (AvgIpc) is 2.25. The minimum Gasteiger partial charge on any atom is -0.495 e. The van der Waals surface area contributed by atoms with Crippen LogP contribution in [-0.2, 0) is 9.47 Å². The summed E-state index contributed by atoms with van der Waals surface area (Å²) in [5.41, 5.74) is 0.495. The highest BCUT2D eigenvalue weighted by Gasteiger charge is 2.24. The normalized spacial score (nSPS) is 25.3. The SMILES string of the molecule is CC(C)(O)COC1COC2=C(C=CCC2)C1. The van der Waals surface area contributed by atoms with Crippen molar-refractivity contribution in [1.82, 2.24) is 0 Å². The molecule has 1 unspecified atom stereocenters. The van der Waals surface area contributed by atoms with E-state index >= 15 is 0 Å².